The average Bonchev–Trinajstić information content (AvgIpc) is 2.28. The predicted molar refractivity (Wildman–Crippen MR) is 46.0 cm³/mol. The van der Waals surface area contributed by atoms with Crippen molar-refractivity contribution in [1.29, 1.82) is 0 Å². The summed E-state index contributed by atoms with van der Waals surface area (Å²) in [6.45, 7) is 0. The van der Waals surface area contributed by atoms with E-state index in [0.717, 1.165) is 11.4 Å². The molecule has 2 heteroatoms. The number of hydrogen-bond donors (Lipinski definition) is 1. The van der Waals surface area contributed by atoms with Crippen molar-refractivity contribution in [2.24, 2.45) is 4.99 Å². The molecule has 1 aliphatic rings. The number of hydrogen-bond acceptors (Lipinski definition) is 2. The third-order valence-corrected chi connectivity index (χ3v) is 1.48. The molecule has 0 fully saturated rings. The summed E-state index contributed by atoms with van der Waals surface area (Å²) in [4.78, 5) is 4.18. The third-order valence-electron chi connectivity index (χ3n) is 1.48. The quantitative estimate of drug-likeness (QED) is 0.591. The Morgan fingerprint density at radius 3 is 3.18 bits per heavy atom. The van der Waals surface area contributed by atoms with Crippen molar-refractivity contribution >= 4 is 17.6 Å². The molecular weight excluding hydrogens is 136 g/mol. The summed E-state index contributed by atoms with van der Waals surface area (Å²) in [7, 11) is 0. The van der Waals surface area contributed by atoms with E-state index < -0.39 is 0 Å². The number of aliphatic imine (C=N–C) groups is 1. The van der Waals surface area contributed by atoms with Crippen LogP contribution in [0.4, 0.5) is 11.4 Å². The Labute approximate surface area is 65.3 Å². The van der Waals surface area contributed by atoms with E-state index in [4.69, 9.17) is 0 Å². The number of allylic oxidation sites excluding steroid dienone is 1. The predicted octanol–water partition coefficient (Wildman–Crippen LogP) is 2.13. The Morgan fingerprint density at radius 1 is 1.27 bits per heavy atom. The van der Waals surface area contributed by atoms with E-state index >= 15 is 0 Å². The minimum Gasteiger partial charge on any atom is -0.352 e. The molecule has 0 aromatic heterocycles. The van der Waals surface area contributed by atoms with Crippen LogP contribution in [0.15, 0.2) is 35.3 Å². The molecule has 1 N–H and O–H groups in total. The van der Waals surface area contributed by atoms with Crippen LogP contribution in [0, 0.1) is 6.20 Å². The summed E-state index contributed by atoms with van der Waals surface area (Å²) in [5.74, 6) is 0. The molecule has 53 valence electrons. The molecule has 0 saturated heterocycles. The fourth-order valence-corrected chi connectivity index (χ4v) is 0.966. The van der Waals surface area contributed by atoms with E-state index in [2.05, 4.69) is 16.5 Å². The lowest BCUT2D eigenvalue weighted by Gasteiger charge is -2.00. The first kappa shape index (κ1) is 6.16. The van der Waals surface area contributed by atoms with Crippen LogP contribution in [-0.4, -0.2) is 6.21 Å². The van der Waals surface area contributed by atoms with Crippen molar-refractivity contribution in [3.05, 3.63) is 36.5 Å². The molecule has 0 spiro atoms. The van der Waals surface area contributed by atoms with Crippen molar-refractivity contribution in [2.45, 2.75) is 0 Å². The maximum absolute atomic E-state index is 4.18. The molecule has 0 saturated carbocycles. The highest BCUT2D eigenvalue weighted by Gasteiger charge is 1.97. The van der Waals surface area contributed by atoms with E-state index in [1.807, 2.05) is 24.3 Å². The summed E-state index contributed by atoms with van der Waals surface area (Å²) >= 11 is 0. The van der Waals surface area contributed by atoms with Gasteiger partial charge in [0, 0.05) is 6.21 Å². The molecule has 1 aromatic rings. The zero-order valence-electron chi connectivity index (χ0n) is 5.91. The summed E-state index contributed by atoms with van der Waals surface area (Å²) in [5, 5.41) is 2.99. The average molecular weight is 143 g/mol. The first-order chi connectivity index (χ1) is 5.47. The van der Waals surface area contributed by atoms with E-state index in [9.17, 15) is 0 Å². The number of para-hydroxylation sites is 2. The zero-order chi connectivity index (χ0) is 7.52. The number of fused-ring (bicyclic) bond motifs is 1. The van der Waals surface area contributed by atoms with Crippen molar-refractivity contribution in [3.63, 3.8) is 0 Å². The normalized spacial score (nSPS) is 13.5. The second-order valence-electron chi connectivity index (χ2n) is 2.23. The number of anilines is 1. The van der Waals surface area contributed by atoms with Gasteiger partial charge in [0.1, 0.15) is 0 Å². The maximum atomic E-state index is 4.18. The minimum absolute atomic E-state index is 0.953. The SMILES string of the molecule is [C]1=CC=Nc2ccccc2N1. The van der Waals surface area contributed by atoms with Crippen molar-refractivity contribution in [1.82, 2.24) is 0 Å². The third kappa shape index (κ3) is 1.15. The van der Waals surface area contributed by atoms with Gasteiger partial charge in [0.15, 0.2) is 0 Å². The minimum atomic E-state index is 0.953. The fourth-order valence-electron chi connectivity index (χ4n) is 0.966. The summed E-state index contributed by atoms with van der Waals surface area (Å²) in [6, 6.07) is 7.86. The van der Waals surface area contributed by atoms with Gasteiger partial charge in [0.2, 0.25) is 0 Å². The maximum Gasteiger partial charge on any atom is 0.0864 e. The molecule has 1 aromatic carbocycles. The van der Waals surface area contributed by atoms with E-state index in [1.165, 1.54) is 0 Å². The van der Waals surface area contributed by atoms with Gasteiger partial charge in [-0.3, -0.25) is 4.99 Å². The van der Waals surface area contributed by atoms with Gasteiger partial charge in [-0.15, -0.1) is 0 Å². The molecule has 0 unspecified atom stereocenters. The molecular formula is C9H7N2. The second-order valence-corrected chi connectivity index (χ2v) is 2.23. The second kappa shape index (κ2) is 2.58. The Hall–Kier alpha value is -1.57. The standard InChI is InChI=1S/C9H7N2/c1-2-5-9-8(4-1)10-6-3-7-11-9/h1-6,11H. The molecule has 0 bridgehead atoms. The number of rotatable bonds is 0. The molecule has 0 atom stereocenters. The number of benzene rings is 1. The van der Waals surface area contributed by atoms with E-state index in [1.54, 1.807) is 12.3 Å². The van der Waals surface area contributed by atoms with Gasteiger partial charge in [-0.05, 0) is 18.2 Å². The molecule has 0 amide bonds. The molecule has 0 aliphatic carbocycles. The Bertz CT molecular complexity index is 313. The van der Waals surface area contributed by atoms with E-state index in [0.29, 0.717) is 0 Å². The summed E-state index contributed by atoms with van der Waals surface area (Å²) in [5.41, 5.74) is 1.95. The lowest BCUT2D eigenvalue weighted by atomic mass is 10.3. The van der Waals surface area contributed by atoms with Crippen LogP contribution in [-0.2, 0) is 0 Å². The number of nitrogens with one attached hydrogen (secondary N) is 1. The fraction of sp³-hybridized carbons (Fsp3) is 0. The van der Waals surface area contributed by atoms with Crippen LogP contribution in [0.2, 0.25) is 0 Å². The first-order valence-corrected chi connectivity index (χ1v) is 3.43. The van der Waals surface area contributed by atoms with Gasteiger partial charge >= 0.3 is 0 Å². The lowest BCUT2D eigenvalue weighted by Crippen LogP contribution is -1.85. The van der Waals surface area contributed by atoms with Crippen molar-refractivity contribution in [2.75, 3.05) is 5.32 Å². The van der Waals surface area contributed by atoms with Gasteiger partial charge in [0.25, 0.3) is 0 Å². The zero-order valence-corrected chi connectivity index (χ0v) is 5.91. The topological polar surface area (TPSA) is 24.4 Å². The van der Waals surface area contributed by atoms with Gasteiger partial charge in [-0.2, -0.15) is 0 Å². The van der Waals surface area contributed by atoms with Crippen LogP contribution >= 0.6 is 0 Å². The van der Waals surface area contributed by atoms with Gasteiger partial charge < -0.3 is 5.32 Å². The Morgan fingerprint density at radius 2 is 2.18 bits per heavy atom. The van der Waals surface area contributed by atoms with Crippen molar-refractivity contribution in [3.8, 4) is 0 Å². The highest BCUT2D eigenvalue weighted by Crippen LogP contribution is 2.24. The van der Waals surface area contributed by atoms with E-state index in [-0.39, 0.29) is 0 Å². The molecule has 11 heavy (non-hydrogen) atoms. The molecule has 1 heterocycles. The van der Waals surface area contributed by atoms with Crippen LogP contribution in [0.1, 0.15) is 0 Å². The molecule has 1 aliphatic heterocycles. The number of nitrogens with zero attached hydrogens (tertiary/aromatic N) is 1. The lowest BCUT2D eigenvalue weighted by molar-refractivity contribution is 1.50. The smallest absolute Gasteiger partial charge is 0.0864 e. The molecule has 2 rings (SSSR count). The first-order valence-electron chi connectivity index (χ1n) is 3.43. The Kier molecular flexibility index (Phi) is 1.44. The summed E-state index contributed by atoms with van der Waals surface area (Å²) < 4.78 is 0. The molecule has 1 radical (unpaired) electrons. The van der Waals surface area contributed by atoms with Gasteiger partial charge in [-0.25, -0.2) is 0 Å². The highest BCUT2D eigenvalue weighted by atomic mass is 14.9. The van der Waals surface area contributed by atoms with Gasteiger partial charge in [0.05, 0.1) is 17.6 Å². The van der Waals surface area contributed by atoms with Crippen LogP contribution < -0.4 is 5.32 Å². The highest BCUT2D eigenvalue weighted by molar-refractivity contribution is 5.80. The van der Waals surface area contributed by atoms with Crippen molar-refractivity contribution < 1.29 is 0 Å². The Balaban J connectivity index is 2.52. The van der Waals surface area contributed by atoms with Crippen LogP contribution in [0.5, 0.6) is 0 Å². The van der Waals surface area contributed by atoms with Gasteiger partial charge in [-0.1, -0.05) is 12.1 Å². The summed E-state index contributed by atoms with van der Waals surface area (Å²) in [6.07, 6.45) is 6.35. The largest absolute Gasteiger partial charge is 0.352 e. The van der Waals surface area contributed by atoms with Crippen LogP contribution in [0.3, 0.4) is 0 Å². The molecule has 2 nitrogen and oxygen atoms in total. The van der Waals surface area contributed by atoms with Crippen LogP contribution in [0.25, 0.3) is 0 Å². The monoisotopic (exact) mass is 143 g/mol.